The van der Waals surface area contributed by atoms with Gasteiger partial charge in [0.05, 0.1) is 0 Å². The smallest absolute Gasteiger partial charge is 0.293 e. The van der Waals surface area contributed by atoms with Crippen molar-refractivity contribution in [1.82, 2.24) is 10.1 Å². The highest BCUT2D eigenvalue weighted by molar-refractivity contribution is 5.89. The van der Waals surface area contributed by atoms with E-state index in [0.717, 1.165) is 0 Å². The summed E-state index contributed by atoms with van der Waals surface area (Å²) in [4.78, 5) is 14.7. The average Bonchev–Trinajstić information content (AvgIpc) is 2.54. The summed E-state index contributed by atoms with van der Waals surface area (Å²) in [5, 5.41) is 3.70. The van der Waals surface area contributed by atoms with Crippen molar-refractivity contribution in [3.05, 3.63) is 11.7 Å². The summed E-state index contributed by atoms with van der Waals surface area (Å²) < 4.78 is 4.74. The fourth-order valence-electron chi connectivity index (χ4n) is 0.671. The quantitative estimate of drug-likeness (QED) is 0.651. The normalized spacial score (nSPS) is 10.4. The van der Waals surface area contributed by atoms with Gasteiger partial charge in [0.25, 0.3) is 5.89 Å². The van der Waals surface area contributed by atoms with Crippen molar-refractivity contribution in [2.45, 2.75) is 47.0 Å². The van der Waals surface area contributed by atoms with Crippen molar-refractivity contribution in [1.29, 1.82) is 0 Å². The Morgan fingerprint density at radius 2 is 1.79 bits per heavy atom. The van der Waals surface area contributed by atoms with Crippen molar-refractivity contribution in [3.63, 3.8) is 0 Å². The minimum absolute atomic E-state index is 0.0833. The molecule has 4 nitrogen and oxygen atoms in total. The van der Waals surface area contributed by atoms with Crippen LogP contribution < -0.4 is 0 Å². The summed E-state index contributed by atoms with van der Waals surface area (Å²) >= 11 is 0. The van der Waals surface area contributed by atoms with Gasteiger partial charge in [-0.05, 0) is 0 Å². The van der Waals surface area contributed by atoms with Crippen LogP contribution in [-0.4, -0.2) is 15.9 Å². The number of carbonyl (C=O) groups excluding carboxylic acids is 1. The lowest BCUT2D eigenvalue weighted by atomic mass is 9.96. The van der Waals surface area contributed by atoms with E-state index in [1.165, 1.54) is 6.92 Å². The maximum atomic E-state index is 10.8. The lowest BCUT2D eigenvalue weighted by molar-refractivity contribution is 0.0972. The molecule has 0 amide bonds. The van der Waals surface area contributed by atoms with Crippen LogP contribution in [0.3, 0.4) is 0 Å². The molecule has 1 aromatic rings. The molecule has 80 valence electrons. The Hall–Kier alpha value is -1.19. The van der Waals surface area contributed by atoms with Crippen LogP contribution in [0.4, 0.5) is 0 Å². The van der Waals surface area contributed by atoms with Crippen LogP contribution in [0, 0.1) is 0 Å². The Labute approximate surface area is 84.7 Å². The minimum atomic E-state index is -0.196. The first-order valence-corrected chi connectivity index (χ1v) is 4.76. The SMILES string of the molecule is CC.CC(=O)c1nc(C(C)(C)C)no1. The van der Waals surface area contributed by atoms with Crippen LogP contribution in [0.2, 0.25) is 0 Å². The molecule has 1 heterocycles. The summed E-state index contributed by atoms with van der Waals surface area (Å²) in [5.74, 6) is 0.450. The van der Waals surface area contributed by atoms with Crippen LogP contribution in [-0.2, 0) is 5.41 Å². The highest BCUT2D eigenvalue weighted by Crippen LogP contribution is 2.18. The number of aromatic nitrogens is 2. The third-order valence-electron chi connectivity index (χ3n) is 1.40. The number of hydrogen-bond donors (Lipinski definition) is 0. The van der Waals surface area contributed by atoms with Crippen LogP contribution >= 0.6 is 0 Å². The third kappa shape index (κ3) is 3.28. The van der Waals surface area contributed by atoms with Crippen molar-refractivity contribution < 1.29 is 9.32 Å². The minimum Gasteiger partial charge on any atom is -0.331 e. The van der Waals surface area contributed by atoms with E-state index in [-0.39, 0.29) is 17.1 Å². The van der Waals surface area contributed by atoms with Gasteiger partial charge < -0.3 is 4.52 Å². The number of hydrogen-bond acceptors (Lipinski definition) is 4. The van der Waals surface area contributed by atoms with E-state index in [0.29, 0.717) is 5.82 Å². The number of carbonyl (C=O) groups is 1. The van der Waals surface area contributed by atoms with Crippen molar-refractivity contribution in [2.24, 2.45) is 0 Å². The molecule has 0 bridgehead atoms. The first-order valence-electron chi connectivity index (χ1n) is 4.76. The maximum Gasteiger partial charge on any atom is 0.293 e. The fraction of sp³-hybridized carbons (Fsp3) is 0.700. The van der Waals surface area contributed by atoms with E-state index in [1.807, 2.05) is 34.6 Å². The predicted molar refractivity (Wildman–Crippen MR) is 54.4 cm³/mol. The molecule has 0 aliphatic carbocycles. The van der Waals surface area contributed by atoms with Crippen LogP contribution in [0.25, 0.3) is 0 Å². The van der Waals surface area contributed by atoms with E-state index < -0.39 is 0 Å². The number of Topliss-reactive ketones (excluding diaryl/α,β-unsaturated/α-hetero) is 1. The van der Waals surface area contributed by atoms with E-state index in [2.05, 4.69) is 10.1 Å². The lowest BCUT2D eigenvalue weighted by Gasteiger charge is -2.10. The standard InChI is InChI=1S/C8H12N2O2.C2H6/c1-5(11)6-9-7(10-12-6)8(2,3)4;1-2/h1-4H3;1-2H3. The summed E-state index contributed by atoms with van der Waals surface area (Å²) in [6.07, 6.45) is 0. The average molecular weight is 198 g/mol. The van der Waals surface area contributed by atoms with Crippen molar-refractivity contribution in [3.8, 4) is 0 Å². The molecule has 0 N–H and O–H groups in total. The molecule has 14 heavy (non-hydrogen) atoms. The summed E-state index contributed by atoms with van der Waals surface area (Å²) in [6, 6.07) is 0. The van der Waals surface area contributed by atoms with Crippen LogP contribution in [0.1, 0.15) is 58.1 Å². The molecule has 0 fully saturated rings. The van der Waals surface area contributed by atoms with Crippen LogP contribution in [0.5, 0.6) is 0 Å². The predicted octanol–water partition coefficient (Wildman–Crippen LogP) is 2.60. The Morgan fingerprint density at radius 3 is 2.00 bits per heavy atom. The molecule has 0 radical (unpaired) electrons. The topological polar surface area (TPSA) is 56.0 Å². The Balaban J connectivity index is 0.000000791. The van der Waals surface area contributed by atoms with Gasteiger partial charge in [-0.3, -0.25) is 4.79 Å². The third-order valence-corrected chi connectivity index (χ3v) is 1.40. The zero-order valence-electron chi connectivity index (χ0n) is 9.71. The van der Waals surface area contributed by atoms with Gasteiger partial charge in [0.1, 0.15) is 0 Å². The van der Waals surface area contributed by atoms with E-state index >= 15 is 0 Å². The van der Waals surface area contributed by atoms with Crippen LogP contribution in [0.15, 0.2) is 4.52 Å². The van der Waals surface area contributed by atoms with Gasteiger partial charge in [-0.2, -0.15) is 4.98 Å². The molecule has 0 aromatic carbocycles. The molecule has 0 aliphatic heterocycles. The molecular weight excluding hydrogens is 180 g/mol. The second kappa shape index (κ2) is 4.88. The molecule has 1 rings (SSSR count). The molecule has 0 spiro atoms. The highest BCUT2D eigenvalue weighted by atomic mass is 16.5. The molecule has 0 aliphatic rings. The molecule has 0 unspecified atom stereocenters. The van der Waals surface area contributed by atoms with E-state index in [4.69, 9.17) is 4.52 Å². The number of ketones is 1. The first-order chi connectivity index (χ1) is 6.41. The fourth-order valence-corrected chi connectivity index (χ4v) is 0.671. The van der Waals surface area contributed by atoms with E-state index in [1.54, 1.807) is 0 Å². The van der Waals surface area contributed by atoms with Crippen molar-refractivity contribution >= 4 is 5.78 Å². The lowest BCUT2D eigenvalue weighted by Crippen LogP contribution is -2.13. The van der Waals surface area contributed by atoms with Gasteiger partial charge in [-0.15, -0.1) is 0 Å². The van der Waals surface area contributed by atoms with Crippen molar-refractivity contribution in [2.75, 3.05) is 0 Å². The van der Waals surface area contributed by atoms with E-state index in [9.17, 15) is 4.79 Å². The Bertz CT molecular complexity index is 297. The second-order valence-electron chi connectivity index (χ2n) is 3.73. The van der Waals surface area contributed by atoms with Gasteiger partial charge in [0.15, 0.2) is 5.82 Å². The maximum absolute atomic E-state index is 10.8. The molecule has 4 heteroatoms. The molecule has 0 saturated heterocycles. The highest BCUT2D eigenvalue weighted by Gasteiger charge is 2.21. The number of nitrogens with zero attached hydrogens (tertiary/aromatic N) is 2. The summed E-state index contributed by atoms with van der Waals surface area (Å²) in [6.45, 7) is 11.3. The van der Waals surface area contributed by atoms with Gasteiger partial charge in [-0.25, -0.2) is 0 Å². The van der Waals surface area contributed by atoms with Gasteiger partial charge in [0.2, 0.25) is 5.78 Å². The molecule has 1 aromatic heterocycles. The Morgan fingerprint density at radius 1 is 1.29 bits per heavy atom. The number of rotatable bonds is 1. The summed E-state index contributed by atoms with van der Waals surface area (Å²) in [7, 11) is 0. The second-order valence-corrected chi connectivity index (χ2v) is 3.73. The summed E-state index contributed by atoms with van der Waals surface area (Å²) in [5.41, 5.74) is -0.169. The van der Waals surface area contributed by atoms with Gasteiger partial charge in [-0.1, -0.05) is 39.8 Å². The first kappa shape index (κ1) is 12.8. The monoisotopic (exact) mass is 198 g/mol. The van der Waals surface area contributed by atoms with Gasteiger partial charge in [0, 0.05) is 12.3 Å². The zero-order chi connectivity index (χ0) is 11.4. The zero-order valence-corrected chi connectivity index (χ0v) is 9.71. The Kier molecular flexibility index (Phi) is 4.47. The molecule has 0 saturated carbocycles. The molecular formula is C10H18N2O2. The largest absolute Gasteiger partial charge is 0.331 e. The molecule has 0 atom stereocenters. The van der Waals surface area contributed by atoms with Gasteiger partial charge >= 0.3 is 0 Å².